The first kappa shape index (κ1) is 24.5. The van der Waals surface area contributed by atoms with Crippen LogP contribution in [0.25, 0.3) is 0 Å². The van der Waals surface area contributed by atoms with E-state index in [1.165, 1.54) is 0 Å². The van der Waals surface area contributed by atoms with Gasteiger partial charge in [-0.3, -0.25) is 9.80 Å². The van der Waals surface area contributed by atoms with E-state index in [2.05, 4.69) is 21.8 Å². The average molecular weight is 486 g/mol. The van der Waals surface area contributed by atoms with Crippen molar-refractivity contribution >= 4 is 29.4 Å². The minimum Gasteiger partial charge on any atom is -0.325 e. The summed E-state index contributed by atoms with van der Waals surface area (Å²) in [5.74, 6) is -0.297. The van der Waals surface area contributed by atoms with Crippen molar-refractivity contribution in [3.63, 3.8) is 0 Å². The maximum absolute atomic E-state index is 13.3. The highest BCUT2D eigenvalue weighted by atomic mass is 35.5. The molecule has 6 nitrogen and oxygen atoms in total. The molecule has 0 aromatic heterocycles. The lowest BCUT2D eigenvalue weighted by Crippen LogP contribution is -2.32. The Morgan fingerprint density at radius 2 is 1.94 bits per heavy atom. The van der Waals surface area contributed by atoms with Crippen LogP contribution in [0.5, 0.6) is 0 Å². The molecule has 0 spiro atoms. The summed E-state index contributed by atoms with van der Waals surface area (Å²) in [4.78, 5) is 13.3. The molecule has 2 atom stereocenters. The Bertz CT molecular complexity index is 1220. The van der Waals surface area contributed by atoms with Crippen LogP contribution in [0.15, 0.2) is 77.9 Å². The first-order chi connectivity index (χ1) is 17.0. The Labute approximate surface area is 211 Å². The van der Waals surface area contributed by atoms with Gasteiger partial charge in [-0.1, -0.05) is 60.1 Å². The van der Waals surface area contributed by atoms with Crippen molar-refractivity contribution in [2.45, 2.75) is 18.3 Å². The molecule has 0 radical (unpaired) electrons. The summed E-state index contributed by atoms with van der Waals surface area (Å²) in [5.41, 5.74) is 4.42. The maximum atomic E-state index is 13.3. The van der Waals surface area contributed by atoms with Gasteiger partial charge in [0.15, 0.2) is 0 Å². The predicted octanol–water partition coefficient (Wildman–Crippen LogP) is 4.78. The number of amides is 1. The van der Waals surface area contributed by atoms with E-state index in [-0.39, 0.29) is 17.7 Å². The lowest BCUT2D eigenvalue weighted by atomic mass is 9.97. The van der Waals surface area contributed by atoms with Gasteiger partial charge in [0, 0.05) is 43.0 Å². The van der Waals surface area contributed by atoms with Crippen LogP contribution >= 0.6 is 11.6 Å². The summed E-state index contributed by atoms with van der Waals surface area (Å²) >= 11 is 6.56. The zero-order valence-electron chi connectivity index (χ0n) is 19.6. The molecule has 1 amide bonds. The fourth-order valence-corrected chi connectivity index (χ4v) is 4.48. The van der Waals surface area contributed by atoms with Crippen LogP contribution < -0.4 is 10.6 Å². The average Bonchev–Trinajstić information content (AvgIpc) is 3.30. The van der Waals surface area contributed by atoms with Crippen LogP contribution in [0.4, 0.5) is 5.69 Å². The normalized spacial score (nSPS) is 15.6. The Morgan fingerprint density at radius 1 is 1.17 bits per heavy atom. The second-order valence-corrected chi connectivity index (χ2v) is 9.07. The number of hydrogen-bond acceptors (Lipinski definition) is 5. The maximum Gasteiger partial charge on any atom is 0.233 e. The van der Waals surface area contributed by atoms with Gasteiger partial charge in [0.2, 0.25) is 5.91 Å². The van der Waals surface area contributed by atoms with Crippen LogP contribution in [0.1, 0.15) is 34.1 Å². The number of nitriles is 1. The minimum absolute atomic E-state index is 0.0898. The lowest BCUT2D eigenvalue weighted by molar-refractivity contribution is -0.117. The van der Waals surface area contributed by atoms with Gasteiger partial charge in [-0.2, -0.15) is 10.4 Å². The Morgan fingerprint density at radius 3 is 2.60 bits per heavy atom. The topological polar surface area (TPSA) is 80.5 Å². The van der Waals surface area contributed by atoms with E-state index < -0.39 is 0 Å². The second-order valence-electron chi connectivity index (χ2n) is 8.66. The molecule has 1 aliphatic heterocycles. The molecule has 1 heterocycles. The highest BCUT2D eigenvalue weighted by Crippen LogP contribution is 2.30. The van der Waals surface area contributed by atoms with E-state index in [1.807, 2.05) is 85.0 Å². The van der Waals surface area contributed by atoms with Crippen molar-refractivity contribution in [3.8, 4) is 6.07 Å². The molecule has 0 saturated carbocycles. The summed E-state index contributed by atoms with van der Waals surface area (Å²) in [6, 6.07) is 25.1. The van der Waals surface area contributed by atoms with Crippen molar-refractivity contribution in [2.24, 2.45) is 5.10 Å². The van der Waals surface area contributed by atoms with Crippen molar-refractivity contribution in [1.29, 1.82) is 5.26 Å². The molecule has 178 valence electrons. The summed E-state index contributed by atoms with van der Waals surface area (Å²) in [6.07, 6.45) is 2.71. The molecule has 4 rings (SSSR count). The molecular formula is C28H28ClN5O. The number of anilines is 1. The van der Waals surface area contributed by atoms with Gasteiger partial charge in [0.25, 0.3) is 0 Å². The van der Waals surface area contributed by atoms with Gasteiger partial charge >= 0.3 is 0 Å². The number of hydrazone groups is 1. The Hall–Kier alpha value is -3.66. The number of likely N-dealkylation sites (N-methyl/N-ethyl adjacent to an activating group) is 1. The van der Waals surface area contributed by atoms with Gasteiger partial charge < -0.3 is 10.6 Å². The quantitative estimate of drug-likeness (QED) is 0.427. The SMILES string of the molecule is CN1CC(c2ccc(NC(=O)C(CNCCc3ccc(C#N)cc3)c3ccccc3)cc2Cl)C=N1. The van der Waals surface area contributed by atoms with E-state index in [0.717, 1.165) is 36.2 Å². The van der Waals surface area contributed by atoms with E-state index in [9.17, 15) is 4.79 Å². The highest BCUT2D eigenvalue weighted by molar-refractivity contribution is 6.32. The molecule has 35 heavy (non-hydrogen) atoms. The molecular weight excluding hydrogens is 458 g/mol. The molecule has 3 aromatic carbocycles. The number of halogens is 1. The summed E-state index contributed by atoms with van der Waals surface area (Å²) in [7, 11) is 1.93. The Balaban J connectivity index is 1.39. The lowest BCUT2D eigenvalue weighted by Gasteiger charge is -2.19. The number of carbonyl (C=O) groups is 1. The predicted molar refractivity (Wildman–Crippen MR) is 141 cm³/mol. The zero-order valence-corrected chi connectivity index (χ0v) is 20.4. The summed E-state index contributed by atoms with van der Waals surface area (Å²) < 4.78 is 0. The van der Waals surface area contributed by atoms with Crippen LogP contribution in [-0.2, 0) is 11.2 Å². The first-order valence-corrected chi connectivity index (χ1v) is 12.0. The molecule has 0 aliphatic carbocycles. The van der Waals surface area contributed by atoms with Crippen LogP contribution in [0, 0.1) is 11.3 Å². The van der Waals surface area contributed by atoms with Crippen LogP contribution in [0.2, 0.25) is 5.02 Å². The van der Waals surface area contributed by atoms with Crippen LogP contribution in [-0.4, -0.2) is 43.8 Å². The van der Waals surface area contributed by atoms with Crippen molar-refractivity contribution in [2.75, 3.05) is 32.0 Å². The second kappa shape index (κ2) is 11.7. The van der Waals surface area contributed by atoms with Crippen molar-refractivity contribution in [1.82, 2.24) is 10.3 Å². The van der Waals surface area contributed by atoms with E-state index >= 15 is 0 Å². The number of hydrogen-bond donors (Lipinski definition) is 2. The number of carbonyl (C=O) groups excluding carboxylic acids is 1. The fraction of sp³-hybridized carbons (Fsp3) is 0.250. The van der Waals surface area contributed by atoms with Gasteiger partial charge in [-0.15, -0.1) is 0 Å². The van der Waals surface area contributed by atoms with Gasteiger partial charge in [0.1, 0.15) is 0 Å². The molecule has 2 N–H and O–H groups in total. The van der Waals surface area contributed by atoms with E-state index in [0.29, 0.717) is 22.8 Å². The van der Waals surface area contributed by atoms with Gasteiger partial charge in [-0.25, -0.2) is 0 Å². The van der Waals surface area contributed by atoms with E-state index in [1.54, 1.807) is 6.07 Å². The Kier molecular flexibility index (Phi) is 8.15. The first-order valence-electron chi connectivity index (χ1n) is 11.6. The monoisotopic (exact) mass is 485 g/mol. The molecule has 3 aromatic rings. The number of nitrogens with zero attached hydrogens (tertiary/aromatic N) is 3. The standard InChI is InChI=1S/C28H28ClN5O/c1-34-19-23(17-32-34)25-12-11-24(15-27(25)29)33-28(35)26(22-5-3-2-4-6-22)18-31-14-13-20-7-9-21(16-30)10-8-20/h2-12,15,17,23,26,31H,13-14,18-19H2,1H3,(H,33,35). The molecule has 0 saturated heterocycles. The smallest absolute Gasteiger partial charge is 0.233 e. The molecule has 0 fully saturated rings. The van der Waals surface area contributed by atoms with Gasteiger partial charge in [-0.05, 0) is 53.9 Å². The number of benzene rings is 3. The third-order valence-corrected chi connectivity index (χ3v) is 6.44. The van der Waals surface area contributed by atoms with Crippen LogP contribution in [0.3, 0.4) is 0 Å². The largest absolute Gasteiger partial charge is 0.325 e. The summed E-state index contributed by atoms with van der Waals surface area (Å²) in [6.45, 7) is 2.01. The fourth-order valence-electron chi connectivity index (χ4n) is 4.16. The zero-order chi connectivity index (χ0) is 24.6. The van der Waals surface area contributed by atoms with Gasteiger partial charge in [0.05, 0.1) is 17.6 Å². The van der Waals surface area contributed by atoms with Crippen molar-refractivity contribution in [3.05, 3.63) is 100 Å². The third-order valence-electron chi connectivity index (χ3n) is 6.11. The molecule has 0 bridgehead atoms. The van der Waals surface area contributed by atoms with E-state index in [4.69, 9.17) is 16.9 Å². The highest BCUT2D eigenvalue weighted by Gasteiger charge is 2.22. The molecule has 7 heteroatoms. The minimum atomic E-state index is -0.355. The molecule has 1 aliphatic rings. The number of nitrogens with one attached hydrogen (secondary N) is 2. The van der Waals surface area contributed by atoms with Crippen molar-refractivity contribution < 1.29 is 4.79 Å². The number of rotatable bonds is 9. The molecule has 2 unspecified atom stereocenters. The third kappa shape index (κ3) is 6.48. The summed E-state index contributed by atoms with van der Waals surface area (Å²) in [5, 5.41) is 22.2.